The van der Waals surface area contributed by atoms with E-state index in [1.807, 2.05) is 11.8 Å². The third kappa shape index (κ3) is 8.21. The zero-order valence-corrected chi connectivity index (χ0v) is 8.79. The minimum atomic E-state index is 0.419. The normalized spacial score (nSPS) is 13.9. The average molecular weight is 175 g/mol. The molecule has 1 unspecified atom stereocenters. The zero-order chi connectivity index (χ0) is 8.69. The van der Waals surface area contributed by atoms with Gasteiger partial charge >= 0.3 is 0 Å². The highest BCUT2D eigenvalue weighted by atomic mass is 32.2. The Kier molecular flexibility index (Phi) is 7.18. The van der Waals surface area contributed by atoms with Crippen LogP contribution < -0.4 is 5.73 Å². The van der Waals surface area contributed by atoms with Crippen LogP contribution in [0.2, 0.25) is 0 Å². The van der Waals surface area contributed by atoms with Crippen molar-refractivity contribution in [1.82, 2.24) is 0 Å². The summed E-state index contributed by atoms with van der Waals surface area (Å²) >= 11 is 1.96. The molecule has 0 radical (unpaired) electrons. The first kappa shape index (κ1) is 11.3. The van der Waals surface area contributed by atoms with E-state index in [4.69, 9.17) is 5.73 Å². The van der Waals surface area contributed by atoms with Gasteiger partial charge in [-0.1, -0.05) is 33.6 Å². The Morgan fingerprint density at radius 1 is 1.36 bits per heavy atom. The third-order valence-corrected chi connectivity index (χ3v) is 2.86. The van der Waals surface area contributed by atoms with E-state index in [2.05, 4.69) is 20.8 Å². The second-order valence-corrected chi connectivity index (χ2v) is 4.89. The summed E-state index contributed by atoms with van der Waals surface area (Å²) in [4.78, 5) is 0. The van der Waals surface area contributed by atoms with Crippen LogP contribution in [0.25, 0.3) is 0 Å². The van der Waals surface area contributed by atoms with Crippen molar-refractivity contribution in [2.75, 3.05) is 5.75 Å². The predicted octanol–water partition coefficient (Wildman–Crippen LogP) is 2.65. The number of hydrogen-bond acceptors (Lipinski definition) is 2. The molecule has 0 aromatic heterocycles. The van der Waals surface area contributed by atoms with Gasteiger partial charge in [0.05, 0.1) is 0 Å². The highest BCUT2D eigenvalue weighted by Crippen LogP contribution is 2.12. The van der Waals surface area contributed by atoms with Crippen LogP contribution in [0.3, 0.4) is 0 Å². The molecule has 0 bridgehead atoms. The van der Waals surface area contributed by atoms with Crippen LogP contribution in [0.4, 0.5) is 0 Å². The summed E-state index contributed by atoms with van der Waals surface area (Å²) in [6.07, 6.45) is 3.73. The monoisotopic (exact) mass is 175 g/mol. The quantitative estimate of drug-likeness (QED) is 0.671. The number of unbranched alkanes of at least 4 members (excludes halogenated alkanes) is 1. The van der Waals surface area contributed by atoms with E-state index in [1.54, 1.807) is 0 Å². The van der Waals surface area contributed by atoms with Crippen LogP contribution in [0.15, 0.2) is 0 Å². The van der Waals surface area contributed by atoms with E-state index in [-0.39, 0.29) is 0 Å². The Bertz CT molecular complexity index is 83.6. The van der Waals surface area contributed by atoms with Crippen molar-refractivity contribution in [2.45, 2.75) is 51.3 Å². The van der Waals surface area contributed by atoms with Gasteiger partial charge in [0.1, 0.15) is 0 Å². The maximum Gasteiger partial charge on any atom is 0.0130 e. The molecule has 0 aliphatic heterocycles. The number of hydrogen-bond donors (Lipinski definition) is 1. The van der Waals surface area contributed by atoms with Crippen LogP contribution in [0.5, 0.6) is 0 Å². The summed E-state index contributed by atoms with van der Waals surface area (Å²) in [5.74, 6) is 1.12. The summed E-state index contributed by atoms with van der Waals surface area (Å²) in [6.45, 7) is 6.65. The fraction of sp³-hybridized carbons (Fsp3) is 1.00. The van der Waals surface area contributed by atoms with Crippen LogP contribution in [-0.2, 0) is 0 Å². The lowest BCUT2D eigenvalue weighted by atomic mass is 10.2. The predicted molar refractivity (Wildman–Crippen MR) is 55.1 cm³/mol. The summed E-state index contributed by atoms with van der Waals surface area (Å²) in [7, 11) is 0. The maximum atomic E-state index is 5.89. The molecule has 0 aliphatic rings. The molecule has 68 valence electrons. The van der Waals surface area contributed by atoms with E-state index in [9.17, 15) is 0 Å². The standard InChI is InChI=1S/C9H21NS/c1-4-5-6-9(10)7-11-8(2)3/h8-9H,4-7,10H2,1-3H3. The summed E-state index contributed by atoms with van der Waals surface area (Å²) in [5.41, 5.74) is 5.89. The second kappa shape index (κ2) is 6.99. The third-order valence-electron chi connectivity index (χ3n) is 1.57. The van der Waals surface area contributed by atoms with Gasteiger partial charge in [0.15, 0.2) is 0 Å². The molecule has 1 atom stereocenters. The fourth-order valence-corrected chi connectivity index (χ4v) is 1.66. The van der Waals surface area contributed by atoms with Gasteiger partial charge in [0.25, 0.3) is 0 Å². The van der Waals surface area contributed by atoms with Gasteiger partial charge in [-0.2, -0.15) is 11.8 Å². The van der Waals surface area contributed by atoms with Gasteiger partial charge in [-0.3, -0.25) is 0 Å². The van der Waals surface area contributed by atoms with E-state index >= 15 is 0 Å². The Morgan fingerprint density at radius 3 is 2.45 bits per heavy atom. The first-order chi connectivity index (χ1) is 5.16. The van der Waals surface area contributed by atoms with Crippen molar-refractivity contribution in [3.8, 4) is 0 Å². The molecule has 0 amide bonds. The average Bonchev–Trinajstić information content (AvgIpc) is 1.97. The molecule has 2 heteroatoms. The highest BCUT2D eigenvalue weighted by Gasteiger charge is 2.02. The molecule has 2 N–H and O–H groups in total. The fourth-order valence-electron chi connectivity index (χ4n) is 0.866. The summed E-state index contributed by atoms with van der Waals surface area (Å²) in [5, 5.41) is 0.725. The lowest BCUT2D eigenvalue weighted by Gasteiger charge is -2.11. The van der Waals surface area contributed by atoms with Crippen molar-refractivity contribution in [3.05, 3.63) is 0 Å². The Morgan fingerprint density at radius 2 is 2.00 bits per heavy atom. The minimum absolute atomic E-state index is 0.419. The van der Waals surface area contributed by atoms with Crippen LogP contribution in [0.1, 0.15) is 40.0 Å². The van der Waals surface area contributed by atoms with Crippen molar-refractivity contribution < 1.29 is 0 Å². The van der Waals surface area contributed by atoms with Crippen molar-refractivity contribution >= 4 is 11.8 Å². The SMILES string of the molecule is CCCCC(N)CSC(C)C. The Labute approximate surface area is 75.1 Å². The van der Waals surface area contributed by atoms with E-state index in [0.29, 0.717) is 6.04 Å². The van der Waals surface area contributed by atoms with Crippen LogP contribution in [0, 0.1) is 0 Å². The number of thioether (sulfide) groups is 1. The maximum absolute atomic E-state index is 5.89. The lowest BCUT2D eigenvalue weighted by Crippen LogP contribution is -2.23. The van der Waals surface area contributed by atoms with E-state index < -0.39 is 0 Å². The molecule has 0 fully saturated rings. The van der Waals surface area contributed by atoms with Gasteiger partial charge in [-0.25, -0.2) is 0 Å². The molecule has 0 spiro atoms. The van der Waals surface area contributed by atoms with Gasteiger partial charge < -0.3 is 5.73 Å². The van der Waals surface area contributed by atoms with Gasteiger partial charge in [-0.05, 0) is 11.7 Å². The topological polar surface area (TPSA) is 26.0 Å². The van der Waals surface area contributed by atoms with Crippen LogP contribution >= 0.6 is 11.8 Å². The van der Waals surface area contributed by atoms with Gasteiger partial charge in [-0.15, -0.1) is 0 Å². The molecular weight excluding hydrogens is 154 g/mol. The molecule has 11 heavy (non-hydrogen) atoms. The van der Waals surface area contributed by atoms with Crippen molar-refractivity contribution in [3.63, 3.8) is 0 Å². The molecule has 0 aliphatic carbocycles. The van der Waals surface area contributed by atoms with Crippen LogP contribution in [-0.4, -0.2) is 17.0 Å². The molecule has 1 nitrogen and oxygen atoms in total. The Hall–Kier alpha value is 0.310. The smallest absolute Gasteiger partial charge is 0.0130 e. The number of nitrogens with two attached hydrogens (primary N) is 1. The van der Waals surface area contributed by atoms with Gasteiger partial charge in [0, 0.05) is 11.8 Å². The molecule has 0 saturated carbocycles. The molecular formula is C9H21NS. The summed E-state index contributed by atoms with van der Waals surface area (Å²) < 4.78 is 0. The molecule has 0 heterocycles. The minimum Gasteiger partial charge on any atom is -0.327 e. The molecule has 0 aromatic rings. The Balaban J connectivity index is 3.15. The largest absolute Gasteiger partial charge is 0.327 e. The van der Waals surface area contributed by atoms with Gasteiger partial charge in [0.2, 0.25) is 0 Å². The first-order valence-corrected chi connectivity index (χ1v) is 5.58. The lowest BCUT2D eigenvalue weighted by molar-refractivity contribution is 0.621. The molecule has 0 rings (SSSR count). The number of rotatable bonds is 6. The van der Waals surface area contributed by atoms with E-state index in [0.717, 1.165) is 11.0 Å². The van der Waals surface area contributed by atoms with E-state index in [1.165, 1.54) is 19.3 Å². The second-order valence-electron chi connectivity index (χ2n) is 3.28. The van der Waals surface area contributed by atoms with Crippen molar-refractivity contribution in [2.24, 2.45) is 5.73 Å². The summed E-state index contributed by atoms with van der Waals surface area (Å²) in [6, 6.07) is 0.419. The zero-order valence-electron chi connectivity index (χ0n) is 7.97. The van der Waals surface area contributed by atoms with Crippen molar-refractivity contribution in [1.29, 1.82) is 0 Å². The molecule has 0 saturated heterocycles. The molecule has 0 aromatic carbocycles. The highest BCUT2D eigenvalue weighted by molar-refractivity contribution is 7.99. The first-order valence-electron chi connectivity index (χ1n) is 4.54.